The van der Waals surface area contributed by atoms with Gasteiger partial charge in [0.2, 0.25) is 0 Å². The zero-order valence-electron chi connectivity index (χ0n) is 12.8. The summed E-state index contributed by atoms with van der Waals surface area (Å²) in [5.41, 5.74) is 4.04. The molecule has 1 aromatic heterocycles. The zero-order valence-corrected chi connectivity index (χ0v) is 12.8. The highest BCUT2D eigenvalue weighted by Gasteiger charge is 2.15. The monoisotopic (exact) mass is 289 g/mol. The van der Waals surface area contributed by atoms with Gasteiger partial charge in [-0.1, -0.05) is 12.1 Å². The van der Waals surface area contributed by atoms with Crippen LogP contribution in [0.4, 0.5) is 0 Å². The Labute approximate surface area is 125 Å². The largest absolute Gasteiger partial charge is 0.497 e. The molecule has 1 heterocycles. The van der Waals surface area contributed by atoms with E-state index in [9.17, 15) is 0 Å². The van der Waals surface area contributed by atoms with Gasteiger partial charge in [-0.2, -0.15) is 5.10 Å². The Morgan fingerprint density at radius 2 is 2.14 bits per heavy atom. The molecule has 0 amide bonds. The van der Waals surface area contributed by atoms with Crippen molar-refractivity contribution in [3.8, 4) is 5.75 Å². The van der Waals surface area contributed by atoms with Gasteiger partial charge in [0.1, 0.15) is 17.9 Å². The van der Waals surface area contributed by atoms with Crippen LogP contribution in [0.2, 0.25) is 0 Å². The van der Waals surface area contributed by atoms with Crippen molar-refractivity contribution in [2.75, 3.05) is 7.11 Å². The topological polar surface area (TPSA) is 78.0 Å². The molecular formula is C15H23N5O. The minimum absolute atomic E-state index is 0.0961. The molecular weight excluding hydrogens is 266 g/mol. The fourth-order valence-corrected chi connectivity index (χ4v) is 2.35. The second-order valence-electron chi connectivity index (χ2n) is 5.34. The molecule has 6 nitrogen and oxygen atoms in total. The SMILES string of the molecule is COc1cccc(CC(Cc2ncnn2C(C)C)NN)c1. The van der Waals surface area contributed by atoms with Crippen LogP contribution in [0.15, 0.2) is 30.6 Å². The summed E-state index contributed by atoms with van der Waals surface area (Å²) in [5, 5.41) is 4.25. The van der Waals surface area contributed by atoms with Gasteiger partial charge < -0.3 is 4.74 Å². The van der Waals surface area contributed by atoms with Crippen LogP contribution in [0, 0.1) is 0 Å². The van der Waals surface area contributed by atoms with Crippen molar-refractivity contribution in [3.05, 3.63) is 42.0 Å². The molecule has 0 aliphatic rings. The van der Waals surface area contributed by atoms with Crippen LogP contribution in [0.1, 0.15) is 31.3 Å². The number of hydrogen-bond donors (Lipinski definition) is 2. The van der Waals surface area contributed by atoms with Crippen molar-refractivity contribution in [2.24, 2.45) is 5.84 Å². The molecule has 1 atom stereocenters. The van der Waals surface area contributed by atoms with Crippen LogP contribution >= 0.6 is 0 Å². The van der Waals surface area contributed by atoms with Gasteiger partial charge in [0, 0.05) is 18.5 Å². The van der Waals surface area contributed by atoms with Gasteiger partial charge in [-0.15, -0.1) is 0 Å². The van der Waals surface area contributed by atoms with Gasteiger partial charge in [0.05, 0.1) is 7.11 Å². The summed E-state index contributed by atoms with van der Waals surface area (Å²) >= 11 is 0. The first-order chi connectivity index (χ1) is 10.1. The average molecular weight is 289 g/mol. The van der Waals surface area contributed by atoms with Gasteiger partial charge in [0.25, 0.3) is 0 Å². The van der Waals surface area contributed by atoms with Crippen LogP contribution in [0.3, 0.4) is 0 Å². The minimum atomic E-state index is 0.0961. The first-order valence-electron chi connectivity index (χ1n) is 7.11. The van der Waals surface area contributed by atoms with E-state index in [-0.39, 0.29) is 12.1 Å². The molecule has 6 heteroatoms. The van der Waals surface area contributed by atoms with E-state index in [4.69, 9.17) is 10.6 Å². The lowest BCUT2D eigenvalue weighted by molar-refractivity contribution is 0.413. The average Bonchev–Trinajstić information content (AvgIpc) is 2.95. The number of nitrogens with one attached hydrogen (secondary N) is 1. The van der Waals surface area contributed by atoms with Crippen molar-refractivity contribution in [1.82, 2.24) is 20.2 Å². The van der Waals surface area contributed by atoms with Crippen molar-refractivity contribution >= 4 is 0 Å². The Hall–Kier alpha value is -1.92. The summed E-state index contributed by atoms with van der Waals surface area (Å²) in [7, 11) is 1.67. The molecule has 1 aromatic carbocycles. The van der Waals surface area contributed by atoms with Crippen molar-refractivity contribution in [3.63, 3.8) is 0 Å². The lowest BCUT2D eigenvalue weighted by Gasteiger charge is -2.17. The third-order valence-electron chi connectivity index (χ3n) is 3.42. The molecule has 0 saturated carbocycles. The number of rotatable bonds is 7. The zero-order chi connectivity index (χ0) is 15.2. The van der Waals surface area contributed by atoms with Gasteiger partial charge in [-0.25, -0.2) is 9.67 Å². The highest BCUT2D eigenvalue weighted by Crippen LogP contribution is 2.15. The molecule has 3 N–H and O–H groups in total. The number of hydrogen-bond acceptors (Lipinski definition) is 5. The van der Waals surface area contributed by atoms with Crippen LogP contribution in [0.25, 0.3) is 0 Å². The van der Waals surface area contributed by atoms with Crippen LogP contribution in [0.5, 0.6) is 5.75 Å². The number of nitrogens with two attached hydrogens (primary N) is 1. The maximum Gasteiger partial charge on any atom is 0.138 e. The van der Waals surface area contributed by atoms with E-state index in [2.05, 4.69) is 35.4 Å². The van der Waals surface area contributed by atoms with Crippen LogP contribution in [-0.2, 0) is 12.8 Å². The standard InChI is InChI=1S/C15H23N5O/c1-11(2)20-15(17-10-18-20)9-13(19-16)7-12-5-4-6-14(8-12)21-3/h4-6,8,10-11,13,19H,7,9,16H2,1-3H3. The van der Waals surface area contributed by atoms with Crippen molar-refractivity contribution in [1.29, 1.82) is 0 Å². The van der Waals surface area contributed by atoms with Crippen molar-refractivity contribution in [2.45, 2.75) is 38.8 Å². The Kier molecular flexibility index (Phi) is 5.30. The number of benzene rings is 1. The van der Waals surface area contributed by atoms with Crippen LogP contribution in [-0.4, -0.2) is 27.9 Å². The van der Waals surface area contributed by atoms with Gasteiger partial charge >= 0.3 is 0 Å². The third kappa shape index (κ3) is 4.03. The number of methoxy groups -OCH3 is 1. The molecule has 0 aliphatic heterocycles. The molecule has 114 valence electrons. The highest BCUT2D eigenvalue weighted by molar-refractivity contribution is 5.29. The van der Waals surface area contributed by atoms with E-state index >= 15 is 0 Å². The molecule has 2 aromatic rings. The predicted molar refractivity (Wildman–Crippen MR) is 81.9 cm³/mol. The second kappa shape index (κ2) is 7.19. The van der Waals surface area contributed by atoms with E-state index < -0.39 is 0 Å². The summed E-state index contributed by atoms with van der Waals surface area (Å²) in [4.78, 5) is 4.33. The molecule has 0 bridgehead atoms. The molecule has 0 spiro atoms. The van der Waals surface area contributed by atoms with E-state index in [1.54, 1.807) is 13.4 Å². The minimum Gasteiger partial charge on any atom is -0.497 e. The molecule has 2 rings (SSSR count). The Balaban J connectivity index is 2.07. The van der Waals surface area contributed by atoms with Crippen molar-refractivity contribution < 1.29 is 4.74 Å². The van der Waals surface area contributed by atoms with E-state index in [1.807, 2.05) is 22.9 Å². The number of aromatic nitrogens is 3. The van der Waals surface area contributed by atoms with Gasteiger partial charge in [-0.3, -0.25) is 11.3 Å². The highest BCUT2D eigenvalue weighted by atomic mass is 16.5. The summed E-state index contributed by atoms with van der Waals surface area (Å²) in [6, 6.07) is 8.40. The molecule has 0 fully saturated rings. The van der Waals surface area contributed by atoms with Gasteiger partial charge in [-0.05, 0) is 38.0 Å². The van der Waals surface area contributed by atoms with E-state index in [0.717, 1.165) is 24.4 Å². The third-order valence-corrected chi connectivity index (χ3v) is 3.42. The fourth-order valence-electron chi connectivity index (χ4n) is 2.35. The lowest BCUT2D eigenvalue weighted by Crippen LogP contribution is -2.39. The lowest BCUT2D eigenvalue weighted by atomic mass is 10.0. The quantitative estimate of drug-likeness (QED) is 0.596. The second-order valence-corrected chi connectivity index (χ2v) is 5.34. The number of hydrazine groups is 1. The first-order valence-corrected chi connectivity index (χ1v) is 7.11. The molecule has 0 radical (unpaired) electrons. The Morgan fingerprint density at radius 1 is 1.33 bits per heavy atom. The Bertz CT molecular complexity index is 567. The summed E-state index contributed by atoms with van der Waals surface area (Å²) < 4.78 is 7.17. The number of ether oxygens (including phenoxy) is 1. The molecule has 1 unspecified atom stereocenters. The molecule has 0 saturated heterocycles. The van der Waals surface area contributed by atoms with Gasteiger partial charge in [0.15, 0.2) is 0 Å². The van der Waals surface area contributed by atoms with E-state index in [1.165, 1.54) is 5.56 Å². The fraction of sp³-hybridized carbons (Fsp3) is 0.467. The summed E-state index contributed by atoms with van der Waals surface area (Å²) in [6.07, 6.45) is 3.12. The molecule has 0 aliphatic carbocycles. The maximum absolute atomic E-state index is 5.70. The van der Waals surface area contributed by atoms with E-state index in [0.29, 0.717) is 0 Å². The normalized spacial score (nSPS) is 12.6. The first kappa shape index (κ1) is 15.5. The Morgan fingerprint density at radius 3 is 2.81 bits per heavy atom. The summed E-state index contributed by atoms with van der Waals surface area (Å²) in [5.74, 6) is 7.49. The summed E-state index contributed by atoms with van der Waals surface area (Å²) in [6.45, 7) is 4.18. The smallest absolute Gasteiger partial charge is 0.138 e. The van der Waals surface area contributed by atoms with Crippen LogP contribution < -0.4 is 16.0 Å². The predicted octanol–water partition coefficient (Wildman–Crippen LogP) is 1.48. The maximum atomic E-state index is 5.70. The number of nitrogens with zero attached hydrogens (tertiary/aromatic N) is 3. The molecule has 21 heavy (non-hydrogen) atoms.